The van der Waals surface area contributed by atoms with Gasteiger partial charge < -0.3 is 9.52 Å². The molecular weight excluding hydrogens is 242 g/mol. The Morgan fingerprint density at radius 1 is 1.05 bits per heavy atom. The lowest BCUT2D eigenvalue weighted by Crippen LogP contribution is -2.39. The number of nitrogens with zero attached hydrogens (tertiary/aromatic N) is 1. The van der Waals surface area contributed by atoms with Gasteiger partial charge in [0.15, 0.2) is 6.54 Å². The van der Waals surface area contributed by atoms with Gasteiger partial charge in [0.2, 0.25) is 5.58 Å². The van der Waals surface area contributed by atoms with Crippen LogP contribution in [0.15, 0.2) is 59.0 Å². The molecule has 2 aromatic carbocycles. The minimum atomic E-state index is -1.06. The summed E-state index contributed by atoms with van der Waals surface area (Å²) in [6.45, 7) is 0.472. The summed E-state index contributed by atoms with van der Waals surface area (Å²) < 4.78 is 7.07. The minimum Gasteiger partial charge on any atom is -0.471 e. The molecule has 1 aromatic heterocycles. The summed E-state index contributed by atoms with van der Waals surface area (Å²) in [6.07, 6.45) is 0. The third kappa shape index (κ3) is 2.08. The highest BCUT2D eigenvalue weighted by molar-refractivity contribution is 5.83. The third-order valence-corrected chi connectivity index (χ3v) is 2.97. The number of carboxylic acid groups (broad SMARTS) is 1. The number of carboxylic acids is 1. The highest BCUT2D eigenvalue weighted by atomic mass is 16.4. The molecule has 4 nitrogen and oxygen atoms in total. The average molecular weight is 254 g/mol. The van der Waals surface area contributed by atoms with E-state index in [2.05, 4.69) is 0 Å². The van der Waals surface area contributed by atoms with Crippen molar-refractivity contribution in [1.82, 2.24) is 0 Å². The van der Waals surface area contributed by atoms with Gasteiger partial charge in [-0.15, -0.1) is 4.57 Å². The molecule has 0 bridgehead atoms. The van der Waals surface area contributed by atoms with Crippen LogP contribution in [0, 0.1) is 0 Å². The van der Waals surface area contributed by atoms with E-state index in [1.54, 1.807) is 10.6 Å². The first-order valence-electron chi connectivity index (χ1n) is 5.94. The quantitative estimate of drug-likeness (QED) is 0.730. The summed E-state index contributed by atoms with van der Waals surface area (Å²) in [7, 11) is 0. The normalized spacial score (nSPS) is 10.7. The van der Waals surface area contributed by atoms with Crippen LogP contribution in [0.2, 0.25) is 0 Å². The van der Waals surface area contributed by atoms with Crippen LogP contribution in [0.3, 0.4) is 0 Å². The standard InChI is InChI=1S/C15H11NO3/c17-15(18)14-16(10-11-6-2-1-3-7-11)12-8-4-5-9-13(12)19-14/h1-9H,10H2/p+1. The van der Waals surface area contributed by atoms with Gasteiger partial charge in [-0.1, -0.05) is 42.5 Å². The second-order valence-corrected chi connectivity index (χ2v) is 4.25. The maximum atomic E-state index is 11.3. The number of para-hydroxylation sites is 2. The Kier molecular flexibility index (Phi) is 2.76. The average Bonchev–Trinajstić information content (AvgIpc) is 2.79. The highest BCUT2D eigenvalue weighted by Crippen LogP contribution is 2.14. The van der Waals surface area contributed by atoms with Gasteiger partial charge in [0, 0.05) is 11.6 Å². The Morgan fingerprint density at radius 3 is 2.47 bits per heavy atom. The van der Waals surface area contributed by atoms with Gasteiger partial charge >= 0.3 is 11.9 Å². The summed E-state index contributed by atoms with van der Waals surface area (Å²) >= 11 is 0. The molecule has 0 radical (unpaired) electrons. The lowest BCUT2D eigenvalue weighted by atomic mass is 10.2. The highest BCUT2D eigenvalue weighted by Gasteiger charge is 2.28. The van der Waals surface area contributed by atoms with Crippen LogP contribution in [0.1, 0.15) is 16.2 Å². The van der Waals surface area contributed by atoms with Crippen LogP contribution in [-0.2, 0) is 6.54 Å². The van der Waals surface area contributed by atoms with Crippen LogP contribution in [0.5, 0.6) is 0 Å². The number of fused-ring (bicyclic) bond motifs is 1. The van der Waals surface area contributed by atoms with Crippen molar-refractivity contribution in [2.24, 2.45) is 0 Å². The van der Waals surface area contributed by atoms with Crippen LogP contribution >= 0.6 is 0 Å². The Balaban J connectivity index is 2.15. The molecular formula is C15H12NO3+. The second-order valence-electron chi connectivity index (χ2n) is 4.25. The van der Waals surface area contributed by atoms with Crippen LogP contribution in [0.4, 0.5) is 0 Å². The number of hydrogen-bond donors (Lipinski definition) is 1. The van der Waals surface area contributed by atoms with E-state index in [9.17, 15) is 9.90 Å². The van der Waals surface area contributed by atoms with Crippen molar-refractivity contribution in [1.29, 1.82) is 0 Å². The lowest BCUT2D eigenvalue weighted by Gasteiger charge is -1.96. The van der Waals surface area contributed by atoms with E-state index in [-0.39, 0.29) is 5.89 Å². The number of carbonyl (C=O) groups is 1. The van der Waals surface area contributed by atoms with Crippen molar-refractivity contribution in [3.05, 3.63) is 66.1 Å². The van der Waals surface area contributed by atoms with Crippen molar-refractivity contribution in [3.63, 3.8) is 0 Å². The Morgan fingerprint density at radius 2 is 1.74 bits per heavy atom. The van der Waals surface area contributed by atoms with Crippen LogP contribution < -0.4 is 4.57 Å². The summed E-state index contributed by atoms with van der Waals surface area (Å²) in [5, 5.41) is 9.23. The molecule has 0 amide bonds. The Bertz CT molecular complexity index is 731. The Hall–Kier alpha value is -2.62. The molecule has 1 N–H and O–H groups in total. The minimum absolute atomic E-state index is 0.0509. The molecule has 0 atom stereocenters. The van der Waals surface area contributed by atoms with E-state index in [0.29, 0.717) is 12.1 Å². The van der Waals surface area contributed by atoms with Crippen molar-refractivity contribution >= 4 is 17.1 Å². The van der Waals surface area contributed by atoms with Crippen LogP contribution in [0.25, 0.3) is 11.1 Å². The van der Waals surface area contributed by atoms with E-state index < -0.39 is 5.97 Å². The fourth-order valence-electron chi connectivity index (χ4n) is 2.12. The SMILES string of the molecule is O=C(O)c1oc2ccccc2[n+]1Cc1ccccc1. The van der Waals surface area contributed by atoms with Gasteiger partial charge in [0.25, 0.3) is 5.52 Å². The number of rotatable bonds is 3. The molecule has 0 aliphatic rings. The first-order chi connectivity index (χ1) is 9.25. The van der Waals surface area contributed by atoms with Gasteiger partial charge in [-0.25, -0.2) is 4.79 Å². The molecule has 0 spiro atoms. The van der Waals surface area contributed by atoms with Gasteiger partial charge in [0.05, 0.1) is 0 Å². The zero-order valence-electron chi connectivity index (χ0n) is 10.1. The van der Waals surface area contributed by atoms with Gasteiger partial charge in [-0.3, -0.25) is 0 Å². The molecule has 1 heterocycles. The fourth-order valence-corrected chi connectivity index (χ4v) is 2.12. The topological polar surface area (TPSA) is 54.3 Å². The first kappa shape index (κ1) is 11.5. The summed E-state index contributed by atoms with van der Waals surface area (Å²) in [6, 6.07) is 17.0. The van der Waals surface area contributed by atoms with E-state index in [0.717, 1.165) is 11.1 Å². The number of aromatic nitrogens is 1. The van der Waals surface area contributed by atoms with Crippen molar-refractivity contribution < 1.29 is 18.9 Å². The van der Waals surface area contributed by atoms with E-state index in [4.69, 9.17) is 4.42 Å². The monoisotopic (exact) mass is 254 g/mol. The molecule has 4 heteroatoms. The molecule has 0 aliphatic heterocycles. The summed E-state index contributed by atoms with van der Waals surface area (Å²) in [4.78, 5) is 11.3. The second kappa shape index (κ2) is 4.57. The first-order valence-corrected chi connectivity index (χ1v) is 5.94. The Labute approximate surface area is 109 Å². The number of oxazole rings is 1. The molecule has 3 aromatic rings. The zero-order chi connectivity index (χ0) is 13.2. The predicted octanol–water partition coefficient (Wildman–Crippen LogP) is 2.47. The van der Waals surface area contributed by atoms with E-state index in [1.165, 1.54) is 0 Å². The van der Waals surface area contributed by atoms with Crippen molar-refractivity contribution in [2.75, 3.05) is 0 Å². The largest absolute Gasteiger partial charge is 0.471 e. The maximum Gasteiger partial charge on any atom is 0.462 e. The lowest BCUT2D eigenvalue weighted by molar-refractivity contribution is -0.670. The molecule has 19 heavy (non-hydrogen) atoms. The molecule has 0 saturated heterocycles. The van der Waals surface area contributed by atoms with Gasteiger partial charge in [-0.2, -0.15) is 0 Å². The van der Waals surface area contributed by atoms with E-state index >= 15 is 0 Å². The smallest absolute Gasteiger partial charge is 0.462 e. The summed E-state index contributed by atoms with van der Waals surface area (Å²) in [5.41, 5.74) is 2.39. The molecule has 0 fully saturated rings. The molecule has 0 unspecified atom stereocenters. The number of hydrogen-bond acceptors (Lipinski definition) is 2. The fraction of sp³-hybridized carbons (Fsp3) is 0.0667. The molecule has 0 saturated carbocycles. The van der Waals surface area contributed by atoms with E-state index in [1.807, 2.05) is 48.5 Å². The number of aromatic carboxylic acids is 1. The van der Waals surface area contributed by atoms with Gasteiger partial charge in [0.1, 0.15) is 0 Å². The van der Waals surface area contributed by atoms with Crippen LogP contribution in [-0.4, -0.2) is 11.1 Å². The van der Waals surface area contributed by atoms with Gasteiger partial charge in [-0.05, 0) is 6.07 Å². The molecule has 0 aliphatic carbocycles. The summed E-state index contributed by atoms with van der Waals surface area (Å²) in [5.74, 6) is -1.11. The van der Waals surface area contributed by atoms with Crippen molar-refractivity contribution in [3.8, 4) is 0 Å². The molecule has 3 rings (SSSR count). The maximum absolute atomic E-state index is 11.3. The predicted molar refractivity (Wildman–Crippen MR) is 68.9 cm³/mol. The number of benzene rings is 2. The third-order valence-electron chi connectivity index (χ3n) is 2.97. The zero-order valence-corrected chi connectivity index (χ0v) is 10.1. The molecule has 94 valence electrons. The van der Waals surface area contributed by atoms with Crippen molar-refractivity contribution in [2.45, 2.75) is 6.54 Å².